The highest BCUT2D eigenvalue weighted by atomic mass is 35.5. The highest BCUT2D eigenvalue weighted by Crippen LogP contribution is 2.35. The van der Waals surface area contributed by atoms with E-state index in [0.717, 1.165) is 0 Å². The number of rotatable bonds is 1. The van der Waals surface area contributed by atoms with Crippen LogP contribution >= 0.6 is 12.4 Å². The van der Waals surface area contributed by atoms with Gasteiger partial charge in [0.15, 0.2) is 6.61 Å². The van der Waals surface area contributed by atoms with Crippen molar-refractivity contribution in [3.05, 3.63) is 35.4 Å². The molecule has 0 aliphatic carbocycles. The van der Waals surface area contributed by atoms with Gasteiger partial charge in [0.2, 0.25) is 0 Å². The van der Waals surface area contributed by atoms with Crippen LogP contribution in [0.3, 0.4) is 0 Å². The molecular weight excluding hydrogens is 266 g/mol. The van der Waals surface area contributed by atoms with E-state index in [-0.39, 0.29) is 23.5 Å². The predicted molar refractivity (Wildman–Crippen MR) is 60.6 cm³/mol. The zero-order valence-corrected chi connectivity index (χ0v) is 9.84. The van der Waals surface area contributed by atoms with Crippen LogP contribution in [0.5, 0.6) is 0 Å². The first-order valence-electron chi connectivity index (χ1n) is 4.85. The summed E-state index contributed by atoms with van der Waals surface area (Å²) in [7, 11) is 0. The van der Waals surface area contributed by atoms with Crippen molar-refractivity contribution in [3.63, 3.8) is 0 Å². The summed E-state index contributed by atoms with van der Waals surface area (Å²) in [4.78, 5) is 11.0. The van der Waals surface area contributed by atoms with Crippen LogP contribution in [-0.4, -0.2) is 18.6 Å². The SMILES string of the molecule is Cl.N#Cc1ccccc1[C@@H]1NC(=O)OCC1(F)F. The van der Waals surface area contributed by atoms with Crippen LogP contribution in [0.4, 0.5) is 13.6 Å². The van der Waals surface area contributed by atoms with Gasteiger partial charge in [-0.15, -0.1) is 12.4 Å². The molecule has 2 rings (SSSR count). The quantitative estimate of drug-likeness (QED) is 0.855. The van der Waals surface area contributed by atoms with E-state index < -0.39 is 24.7 Å². The fourth-order valence-corrected chi connectivity index (χ4v) is 1.67. The highest BCUT2D eigenvalue weighted by molar-refractivity contribution is 5.85. The Bertz CT molecular complexity index is 502. The Morgan fingerprint density at radius 2 is 2.11 bits per heavy atom. The highest BCUT2D eigenvalue weighted by Gasteiger charge is 2.47. The van der Waals surface area contributed by atoms with Gasteiger partial charge in [-0.25, -0.2) is 13.6 Å². The van der Waals surface area contributed by atoms with Gasteiger partial charge in [0, 0.05) is 0 Å². The number of hydrogen-bond acceptors (Lipinski definition) is 3. The lowest BCUT2D eigenvalue weighted by atomic mass is 9.96. The molecule has 1 aromatic rings. The normalized spacial score (nSPS) is 20.9. The number of cyclic esters (lactones) is 1. The van der Waals surface area contributed by atoms with Crippen molar-refractivity contribution in [1.29, 1.82) is 5.26 Å². The third-order valence-corrected chi connectivity index (χ3v) is 2.47. The summed E-state index contributed by atoms with van der Waals surface area (Å²) in [6.45, 7) is -0.983. The van der Waals surface area contributed by atoms with Crippen molar-refractivity contribution in [3.8, 4) is 6.07 Å². The zero-order chi connectivity index (χ0) is 12.5. The minimum Gasteiger partial charge on any atom is -0.443 e. The Labute approximate surface area is 108 Å². The minimum absolute atomic E-state index is 0. The maximum Gasteiger partial charge on any atom is 0.408 e. The first-order valence-corrected chi connectivity index (χ1v) is 4.85. The number of nitriles is 1. The van der Waals surface area contributed by atoms with Gasteiger partial charge >= 0.3 is 12.0 Å². The van der Waals surface area contributed by atoms with Gasteiger partial charge in [0.25, 0.3) is 0 Å². The van der Waals surface area contributed by atoms with Crippen LogP contribution in [0, 0.1) is 11.3 Å². The zero-order valence-electron chi connectivity index (χ0n) is 9.02. The van der Waals surface area contributed by atoms with Crippen LogP contribution in [0.25, 0.3) is 0 Å². The molecular formula is C11H9ClF2N2O2. The van der Waals surface area contributed by atoms with Crippen molar-refractivity contribution >= 4 is 18.5 Å². The van der Waals surface area contributed by atoms with Gasteiger partial charge in [0.05, 0.1) is 11.6 Å². The van der Waals surface area contributed by atoms with Gasteiger partial charge in [-0.2, -0.15) is 5.26 Å². The summed E-state index contributed by atoms with van der Waals surface area (Å²) < 4.78 is 31.4. The number of nitrogens with one attached hydrogen (secondary N) is 1. The number of hydrogen-bond donors (Lipinski definition) is 1. The second-order valence-electron chi connectivity index (χ2n) is 3.61. The maximum absolute atomic E-state index is 13.6. The van der Waals surface area contributed by atoms with E-state index in [9.17, 15) is 13.6 Å². The van der Waals surface area contributed by atoms with Gasteiger partial charge < -0.3 is 10.1 Å². The van der Waals surface area contributed by atoms with Crippen molar-refractivity contribution in [1.82, 2.24) is 5.32 Å². The third-order valence-electron chi connectivity index (χ3n) is 2.47. The summed E-state index contributed by atoms with van der Waals surface area (Å²) >= 11 is 0. The van der Waals surface area contributed by atoms with Crippen LogP contribution in [0.2, 0.25) is 0 Å². The Morgan fingerprint density at radius 1 is 1.44 bits per heavy atom. The summed E-state index contributed by atoms with van der Waals surface area (Å²) in [5.41, 5.74) is 0.205. The fourth-order valence-electron chi connectivity index (χ4n) is 1.67. The molecule has 0 radical (unpaired) electrons. The molecule has 0 aromatic heterocycles. The Balaban J connectivity index is 0.00000162. The molecule has 1 saturated heterocycles. The lowest BCUT2D eigenvalue weighted by Crippen LogP contribution is -2.49. The van der Waals surface area contributed by atoms with Gasteiger partial charge in [0.1, 0.15) is 6.04 Å². The minimum atomic E-state index is -3.24. The second kappa shape index (κ2) is 5.19. The van der Waals surface area contributed by atoms with Crippen LogP contribution < -0.4 is 5.32 Å². The fraction of sp³-hybridized carbons (Fsp3) is 0.273. The van der Waals surface area contributed by atoms with E-state index in [4.69, 9.17) is 5.26 Å². The van der Waals surface area contributed by atoms with Gasteiger partial charge in [-0.3, -0.25) is 0 Å². The molecule has 4 nitrogen and oxygen atoms in total. The standard InChI is InChI=1S/C11H8F2N2O2.ClH/c12-11(13)6-17-10(16)15-9(11)8-4-2-1-3-7(8)5-14;/h1-4,9H,6H2,(H,15,16);1H/t9-;/m0./s1. The van der Waals surface area contributed by atoms with Crippen molar-refractivity contribution < 1.29 is 18.3 Å². The molecule has 7 heteroatoms. The van der Waals surface area contributed by atoms with E-state index in [0.29, 0.717) is 0 Å². The molecule has 0 unspecified atom stereocenters. The van der Waals surface area contributed by atoms with Crippen LogP contribution in [-0.2, 0) is 4.74 Å². The number of carbonyl (C=O) groups is 1. The lowest BCUT2D eigenvalue weighted by Gasteiger charge is -2.32. The Hall–Kier alpha value is -1.87. The Morgan fingerprint density at radius 3 is 2.78 bits per heavy atom. The number of carbonyl (C=O) groups excluding carboxylic acids is 1. The van der Waals surface area contributed by atoms with Crippen LogP contribution in [0.15, 0.2) is 24.3 Å². The average Bonchev–Trinajstić information content (AvgIpc) is 2.32. The smallest absolute Gasteiger partial charge is 0.408 e. The summed E-state index contributed by atoms with van der Waals surface area (Å²) in [6.07, 6.45) is -0.909. The predicted octanol–water partition coefficient (Wildman–Crippen LogP) is 2.40. The first kappa shape index (κ1) is 14.2. The van der Waals surface area contributed by atoms with Gasteiger partial charge in [-0.1, -0.05) is 18.2 Å². The number of nitrogens with zero attached hydrogens (tertiary/aromatic N) is 1. The monoisotopic (exact) mass is 274 g/mol. The first-order chi connectivity index (χ1) is 8.04. The summed E-state index contributed by atoms with van der Waals surface area (Å²) in [5, 5.41) is 10.9. The molecule has 1 aliphatic heterocycles. The van der Waals surface area contributed by atoms with E-state index >= 15 is 0 Å². The molecule has 1 aliphatic rings. The summed E-state index contributed by atoms with van der Waals surface area (Å²) in [5.74, 6) is -3.24. The molecule has 1 fully saturated rings. The number of benzene rings is 1. The number of halogens is 3. The molecule has 0 bridgehead atoms. The van der Waals surface area contributed by atoms with Crippen molar-refractivity contribution in [2.24, 2.45) is 0 Å². The molecule has 0 spiro atoms. The summed E-state index contributed by atoms with van der Waals surface area (Å²) in [6, 6.07) is 6.21. The molecule has 18 heavy (non-hydrogen) atoms. The molecule has 1 atom stereocenters. The van der Waals surface area contributed by atoms with Crippen molar-refractivity contribution in [2.45, 2.75) is 12.0 Å². The largest absolute Gasteiger partial charge is 0.443 e. The number of ether oxygens (including phenoxy) is 1. The molecule has 1 N–H and O–H groups in total. The topological polar surface area (TPSA) is 62.1 Å². The molecule has 1 aromatic carbocycles. The third kappa shape index (κ3) is 2.51. The van der Waals surface area contributed by atoms with Crippen molar-refractivity contribution in [2.75, 3.05) is 6.61 Å². The average molecular weight is 275 g/mol. The molecule has 96 valence electrons. The van der Waals surface area contributed by atoms with Gasteiger partial charge in [-0.05, 0) is 11.6 Å². The Kier molecular flexibility index (Phi) is 4.09. The second-order valence-corrected chi connectivity index (χ2v) is 3.61. The van der Waals surface area contributed by atoms with E-state index in [1.54, 1.807) is 6.07 Å². The number of alkyl halides is 2. The molecule has 1 amide bonds. The molecule has 1 heterocycles. The van der Waals surface area contributed by atoms with E-state index in [2.05, 4.69) is 4.74 Å². The lowest BCUT2D eigenvalue weighted by molar-refractivity contribution is -0.104. The van der Waals surface area contributed by atoms with E-state index in [1.165, 1.54) is 18.2 Å². The van der Waals surface area contributed by atoms with E-state index in [1.807, 2.05) is 11.4 Å². The molecule has 0 saturated carbocycles. The maximum atomic E-state index is 13.6. The number of alkyl carbamates (subject to hydrolysis) is 1. The van der Waals surface area contributed by atoms with Crippen LogP contribution in [0.1, 0.15) is 17.2 Å². The number of amides is 1.